The number of hydrogen-bond donors (Lipinski definition) is 1. The SMILES string of the molecule is C=CC(=O)OCCN(CCOC(=O)CC)C1C=CC(N=NC2CC(OCC(CC)CCCC)C(N=NC3C=CC(N)CC3C#N)C=C2OCC(CC)CCCC)=C(C)C1. The summed E-state index contributed by atoms with van der Waals surface area (Å²) in [5.74, 6) is 0.497. The number of carbonyl (C=O) groups excluding carboxylic acids is 2. The van der Waals surface area contributed by atoms with Crippen LogP contribution in [-0.2, 0) is 28.5 Å². The van der Waals surface area contributed by atoms with Crippen molar-refractivity contribution in [3.05, 3.63) is 60.1 Å². The van der Waals surface area contributed by atoms with Crippen LogP contribution in [0.4, 0.5) is 0 Å². The maximum atomic E-state index is 11.8. The molecule has 3 aliphatic carbocycles. The Morgan fingerprint density at radius 2 is 1.63 bits per heavy atom. The number of azo groups is 2. The number of nitrogens with zero attached hydrogens (tertiary/aromatic N) is 6. The quantitative estimate of drug-likeness (QED) is 0.0367. The number of nitrogens with two attached hydrogens (primary N) is 1. The van der Waals surface area contributed by atoms with Crippen LogP contribution < -0.4 is 5.73 Å². The molecule has 0 spiro atoms. The fourth-order valence-electron chi connectivity index (χ4n) is 7.44. The molecule has 0 amide bonds. The molecule has 9 unspecified atom stereocenters. The standard InChI is InChI=1S/C46H73N7O6/c1-8-14-16-34(10-3)31-58-43-29-42(52-50-40-20-18-37(48)27-36(40)30-47)44(59-32-35(11-4)17-15-9-2)28-41(43)51-49-39-21-19-38(26-33(39)7)53(22-24-56-45(54)12-5)23-25-57-46(55)13-6/h12,18-21,29,34-38,40-42,44H,5,8-11,13-17,22-28,31-32,48H2,1-4,6-7H3. The zero-order valence-electron chi connectivity index (χ0n) is 36.8. The van der Waals surface area contributed by atoms with Crippen molar-refractivity contribution in [2.75, 3.05) is 39.5 Å². The number of esters is 2. The predicted molar refractivity (Wildman–Crippen MR) is 231 cm³/mol. The first-order valence-corrected chi connectivity index (χ1v) is 22.3. The summed E-state index contributed by atoms with van der Waals surface area (Å²) in [4.78, 5) is 25.7. The molecular weight excluding hydrogens is 747 g/mol. The molecule has 0 aromatic carbocycles. The molecule has 0 saturated carbocycles. The molecule has 59 heavy (non-hydrogen) atoms. The average molecular weight is 820 g/mol. The molecule has 0 aliphatic heterocycles. The minimum atomic E-state index is -0.477. The molecule has 0 bridgehead atoms. The van der Waals surface area contributed by atoms with Gasteiger partial charge in [-0.25, -0.2) is 4.79 Å². The van der Waals surface area contributed by atoms with Crippen LogP contribution in [0, 0.1) is 29.1 Å². The van der Waals surface area contributed by atoms with Crippen LogP contribution >= 0.6 is 0 Å². The lowest BCUT2D eigenvalue weighted by Crippen LogP contribution is -2.40. The van der Waals surface area contributed by atoms with Gasteiger partial charge in [0.15, 0.2) is 0 Å². The number of allylic oxidation sites excluding steroid dienone is 1. The lowest BCUT2D eigenvalue weighted by Gasteiger charge is -2.33. The van der Waals surface area contributed by atoms with Crippen molar-refractivity contribution in [2.24, 2.45) is 43.9 Å². The van der Waals surface area contributed by atoms with Gasteiger partial charge in [0.05, 0.1) is 30.4 Å². The second kappa shape index (κ2) is 27.7. The summed E-state index contributed by atoms with van der Waals surface area (Å²) in [5.41, 5.74) is 7.96. The fourth-order valence-corrected chi connectivity index (χ4v) is 7.44. The van der Waals surface area contributed by atoms with Crippen molar-refractivity contribution in [3.8, 4) is 6.07 Å². The minimum absolute atomic E-state index is 0.0159. The van der Waals surface area contributed by atoms with E-state index in [9.17, 15) is 14.9 Å². The Morgan fingerprint density at radius 3 is 2.25 bits per heavy atom. The summed E-state index contributed by atoms with van der Waals surface area (Å²) in [7, 11) is 0. The van der Waals surface area contributed by atoms with Crippen molar-refractivity contribution in [3.63, 3.8) is 0 Å². The van der Waals surface area contributed by atoms with Gasteiger partial charge in [-0.2, -0.15) is 25.7 Å². The van der Waals surface area contributed by atoms with E-state index in [0.29, 0.717) is 63.8 Å². The Balaban J connectivity index is 1.92. The van der Waals surface area contributed by atoms with E-state index in [1.54, 1.807) is 6.92 Å². The maximum Gasteiger partial charge on any atom is 0.330 e. The van der Waals surface area contributed by atoms with Gasteiger partial charge in [-0.1, -0.05) is 98.0 Å². The number of nitriles is 1. The molecule has 0 radical (unpaired) electrons. The van der Waals surface area contributed by atoms with Crippen molar-refractivity contribution in [1.29, 1.82) is 5.26 Å². The first-order valence-electron chi connectivity index (χ1n) is 22.3. The van der Waals surface area contributed by atoms with Crippen LogP contribution in [0.3, 0.4) is 0 Å². The van der Waals surface area contributed by atoms with Gasteiger partial charge in [-0.3, -0.25) is 9.69 Å². The van der Waals surface area contributed by atoms with E-state index in [2.05, 4.69) is 58.2 Å². The zero-order valence-corrected chi connectivity index (χ0v) is 36.8. The van der Waals surface area contributed by atoms with Gasteiger partial charge in [0.1, 0.15) is 37.1 Å². The fraction of sp³-hybridized carbons (Fsp3) is 0.717. The summed E-state index contributed by atoms with van der Waals surface area (Å²) < 4.78 is 24.1. The summed E-state index contributed by atoms with van der Waals surface area (Å²) in [6.07, 6.45) is 21.6. The van der Waals surface area contributed by atoms with Crippen molar-refractivity contribution in [1.82, 2.24) is 4.90 Å². The molecule has 0 heterocycles. The summed E-state index contributed by atoms with van der Waals surface area (Å²) in [5, 5.41) is 29.3. The Hall–Kier alpha value is -3.99. The van der Waals surface area contributed by atoms with Gasteiger partial charge in [0.25, 0.3) is 0 Å². The largest absolute Gasteiger partial charge is 0.496 e. The van der Waals surface area contributed by atoms with E-state index in [1.165, 1.54) is 0 Å². The monoisotopic (exact) mass is 820 g/mol. The maximum absolute atomic E-state index is 11.8. The summed E-state index contributed by atoms with van der Waals surface area (Å²) in [6.45, 7) is 18.7. The van der Waals surface area contributed by atoms with Crippen LogP contribution in [0.1, 0.15) is 119 Å². The molecule has 0 fully saturated rings. The number of rotatable bonds is 27. The van der Waals surface area contributed by atoms with E-state index < -0.39 is 12.0 Å². The van der Waals surface area contributed by atoms with Crippen LogP contribution in [0.2, 0.25) is 0 Å². The minimum Gasteiger partial charge on any atom is -0.496 e. The highest BCUT2D eigenvalue weighted by Crippen LogP contribution is 2.32. The van der Waals surface area contributed by atoms with Gasteiger partial charge < -0.3 is 24.7 Å². The highest BCUT2D eigenvalue weighted by Gasteiger charge is 2.35. The lowest BCUT2D eigenvalue weighted by atomic mass is 9.89. The van der Waals surface area contributed by atoms with E-state index in [0.717, 1.165) is 74.5 Å². The summed E-state index contributed by atoms with van der Waals surface area (Å²) >= 11 is 0. The normalized spacial score (nSPS) is 25.5. The third-order valence-electron chi connectivity index (χ3n) is 11.5. The van der Waals surface area contributed by atoms with Crippen LogP contribution in [-0.4, -0.2) is 92.7 Å². The van der Waals surface area contributed by atoms with Crippen LogP contribution in [0.25, 0.3) is 0 Å². The Morgan fingerprint density at radius 1 is 0.949 bits per heavy atom. The second-order valence-electron chi connectivity index (χ2n) is 16.1. The molecule has 3 aliphatic rings. The number of carbonyl (C=O) groups is 2. The highest BCUT2D eigenvalue weighted by molar-refractivity contribution is 5.81. The van der Waals surface area contributed by atoms with Crippen LogP contribution in [0.5, 0.6) is 0 Å². The Bertz CT molecular complexity index is 1530. The van der Waals surface area contributed by atoms with Crippen molar-refractivity contribution < 1.29 is 28.5 Å². The third kappa shape index (κ3) is 17.3. The van der Waals surface area contributed by atoms with E-state index in [-0.39, 0.29) is 55.4 Å². The molecule has 13 nitrogen and oxygen atoms in total. The van der Waals surface area contributed by atoms with Crippen molar-refractivity contribution in [2.45, 2.75) is 155 Å². The highest BCUT2D eigenvalue weighted by atomic mass is 16.5. The van der Waals surface area contributed by atoms with E-state index in [1.807, 2.05) is 24.3 Å². The second-order valence-corrected chi connectivity index (χ2v) is 16.1. The molecule has 9 atom stereocenters. The van der Waals surface area contributed by atoms with Gasteiger partial charge in [-0.05, 0) is 62.2 Å². The summed E-state index contributed by atoms with van der Waals surface area (Å²) in [6, 6.07) is 1.03. The van der Waals surface area contributed by atoms with Crippen LogP contribution in [0.15, 0.2) is 80.5 Å². The van der Waals surface area contributed by atoms with E-state index >= 15 is 0 Å². The predicted octanol–water partition coefficient (Wildman–Crippen LogP) is 9.13. The zero-order chi connectivity index (χ0) is 43.0. The number of unbranched alkanes of at least 4 members (excludes halogenated alkanes) is 2. The molecule has 13 heteroatoms. The number of ether oxygens (including phenoxy) is 4. The Kier molecular flexibility index (Phi) is 23.2. The Labute approximate surface area is 354 Å². The molecule has 328 valence electrons. The first-order chi connectivity index (χ1) is 28.6. The molecule has 0 aromatic rings. The molecule has 2 N–H and O–H groups in total. The van der Waals surface area contributed by atoms with Gasteiger partial charge in [0.2, 0.25) is 0 Å². The average Bonchev–Trinajstić information content (AvgIpc) is 3.25. The molecule has 0 aromatic heterocycles. The topological polar surface area (TPSA) is 174 Å². The smallest absolute Gasteiger partial charge is 0.330 e. The molecular formula is C46H73N7O6. The van der Waals surface area contributed by atoms with Gasteiger partial charge in [-0.15, -0.1) is 0 Å². The van der Waals surface area contributed by atoms with Gasteiger partial charge in [0, 0.05) is 50.7 Å². The lowest BCUT2D eigenvalue weighted by molar-refractivity contribution is -0.143. The number of hydrogen-bond acceptors (Lipinski definition) is 13. The molecule has 0 saturated heterocycles. The first kappa shape index (κ1) is 49.4. The molecule has 3 rings (SSSR count). The third-order valence-corrected chi connectivity index (χ3v) is 11.5. The van der Waals surface area contributed by atoms with E-state index in [4.69, 9.17) is 45.1 Å². The van der Waals surface area contributed by atoms with Gasteiger partial charge >= 0.3 is 11.9 Å². The van der Waals surface area contributed by atoms with Crippen molar-refractivity contribution >= 4 is 11.9 Å².